The third-order valence-electron chi connectivity index (χ3n) is 1.79. The molecule has 3 nitrogen and oxygen atoms in total. The van der Waals surface area contributed by atoms with Crippen LogP contribution >= 0.6 is 0 Å². The Morgan fingerprint density at radius 1 is 1.36 bits per heavy atom. The molecule has 1 N–H and O–H groups in total. The van der Waals surface area contributed by atoms with E-state index in [1.807, 2.05) is 7.05 Å². The molecule has 0 amide bonds. The van der Waals surface area contributed by atoms with Gasteiger partial charge in [0.25, 0.3) is 0 Å². The number of rotatable bonds is 3. The number of nitrogens with zero attached hydrogens (tertiary/aromatic N) is 1. The largest absolute Gasteiger partial charge is 0.508 e. The molecule has 3 heteroatoms. The summed E-state index contributed by atoms with van der Waals surface area (Å²) < 4.78 is 0. The molecule has 14 heavy (non-hydrogen) atoms. The number of carbonyl (C=O) groups excluding carboxylic acids is 1. The van der Waals surface area contributed by atoms with Gasteiger partial charge in [-0.2, -0.15) is 0 Å². The Bertz CT molecular complexity index is 341. The van der Waals surface area contributed by atoms with Gasteiger partial charge in [-0.25, -0.2) is 0 Å². The average Bonchev–Trinajstić information content (AvgIpc) is 2.15. The van der Waals surface area contributed by atoms with Gasteiger partial charge in [0, 0.05) is 18.9 Å². The Kier molecular flexibility index (Phi) is 3.29. The number of aromatic hydroxyl groups is 1. The Morgan fingerprint density at radius 3 is 2.43 bits per heavy atom. The van der Waals surface area contributed by atoms with Crippen molar-refractivity contribution in [1.82, 2.24) is 0 Å². The van der Waals surface area contributed by atoms with Gasteiger partial charge in [0.2, 0.25) is 0 Å². The molecule has 0 radical (unpaired) electrons. The summed E-state index contributed by atoms with van der Waals surface area (Å²) in [5.41, 5.74) is 0.917. The predicted octanol–water partition coefficient (Wildman–Crippen LogP) is 1.93. The maximum atomic E-state index is 10.7. The lowest BCUT2D eigenvalue weighted by molar-refractivity contribution is -0.112. The van der Waals surface area contributed by atoms with Crippen LogP contribution in [-0.2, 0) is 4.79 Å². The summed E-state index contributed by atoms with van der Waals surface area (Å²) in [4.78, 5) is 12.5. The lowest BCUT2D eigenvalue weighted by Crippen LogP contribution is -2.07. The summed E-state index contributed by atoms with van der Waals surface area (Å²) in [5, 5.41) is 9.07. The van der Waals surface area contributed by atoms with E-state index >= 15 is 0 Å². The third kappa shape index (κ3) is 2.94. The highest BCUT2D eigenvalue weighted by molar-refractivity contribution is 5.87. The van der Waals surface area contributed by atoms with Crippen LogP contribution in [0.2, 0.25) is 0 Å². The molecule has 0 saturated carbocycles. The SMILES string of the molecule is CC(=O)/C=C\N(C)c1ccc(O)cc1. The highest BCUT2D eigenvalue weighted by atomic mass is 16.3. The predicted molar refractivity (Wildman–Crippen MR) is 56.3 cm³/mol. The smallest absolute Gasteiger partial charge is 0.154 e. The van der Waals surface area contributed by atoms with Crippen LogP contribution in [0.3, 0.4) is 0 Å². The minimum atomic E-state index is 0.00984. The van der Waals surface area contributed by atoms with Crippen LogP contribution in [0.15, 0.2) is 36.5 Å². The van der Waals surface area contributed by atoms with Crippen molar-refractivity contribution in [2.45, 2.75) is 6.92 Å². The molecule has 0 aliphatic carbocycles. The first-order chi connectivity index (χ1) is 6.59. The number of benzene rings is 1. The van der Waals surface area contributed by atoms with Crippen LogP contribution in [0, 0.1) is 0 Å². The first-order valence-electron chi connectivity index (χ1n) is 4.30. The van der Waals surface area contributed by atoms with Gasteiger partial charge in [0.1, 0.15) is 5.75 Å². The second-order valence-corrected chi connectivity index (χ2v) is 3.05. The number of hydrogen-bond acceptors (Lipinski definition) is 3. The number of allylic oxidation sites excluding steroid dienone is 1. The molecule has 0 aliphatic rings. The second-order valence-electron chi connectivity index (χ2n) is 3.05. The second kappa shape index (κ2) is 4.46. The van der Waals surface area contributed by atoms with E-state index in [1.54, 1.807) is 35.4 Å². The standard InChI is InChI=1S/C11H13NO2/c1-9(13)7-8-12(2)10-3-5-11(14)6-4-10/h3-8,14H,1-2H3/b8-7-. The highest BCUT2D eigenvalue weighted by Gasteiger charge is 1.96. The number of anilines is 1. The maximum absolute atomic E-state index is 10.7. The van der Waals surface area contributed by atoms with Gasteiger partial charge in [-0.05, 0) is 37.3 Å². The average molecular weight is 191 g/mol. The van der Waals surface area contributed by atoms with Crippen molar-refractivity contribution in [3.05, 3.63) is 36.5 Å². The molecule has 0 aliphatic heterocycles. The fourth-order valence-corrected chi connectivity index (χ4v) is 0.991. The fourth-order valence-electron chi connectivity index (χ4n) is 0.991. The molecule has 0 saturated heterocycles. The zero-order valence-corrected chi connectivity index (χ0v) is 8.27. The minimum absolute atomic E-state index is 0.00984. The van der Waals surface area contributed by atoms with E-state index in [-0.39, 0.29) is 11.5 Å². The molecule has 0 heterocycles. The van der Waals surface area contributed by atoms with Gasteiger partial charge in [0.05, 0.1) is 0 Å². The van der Waals surface area contributed by atoms with E-state index in [1.165, 1.54) is 13.0 Å². The van der Waals surface area contributed by atoms with Crippen LogP contribution < -0.4 is 4.90 Å². The molecule has 1 rings (SSSR count). The minimum Gasteiger partial charge on any atom is -0.508 e. The molecule has 0 bridgehead atoms. The summed E-state index contributed by atoms with van der Waals surface area (Å²) in [6.45, 7) is 1.50. The first kappa shape index (κ1) is 10.3. The van der Waals surface area contributed by atoms with Crippen LogP contribution in [-0.4, -0.2) is 17.9 Å². The Hall–Kier alpha value is -1.77. The number of phenolic OH excluding ortho intramolecular Hbond substituents is 1. The molecular formula is C11H13NO2. The zero-order valence-electron chi connectivity index (χ0n) is 8.27. The van der Waals surface area contributed by atoms with Crippen LogP contribution in [0.25, 0.3) is 0 Å². The van der Waals surface area contributed by atoms with Crippen molar-refractivity contribution >= 4 is 11.5 Å². The van der Waals surface area contributed by atoms with Gasteiger partial charge < -0.3 is 10.0 Å². The third-order valence-corrected chi connectivity index (χ3v) is 1.79. The summed E-state index contributed by atoms with van der Waals surface area (Å²) in [6, 6.07) is 6.76. The lowest BCUT2D eigenvalue weighted by atomic mass is 10.3. The number of phenols is 1. The van der Waals surface area contributed by atoms with Crippen molar-refractivity contribution in [3.8, 4) is 5.75 Å². The normalized spacial score (nSPS) is 10.4. The summed E-state index contributed by atoms with van der Waals surface area (Å²) >= 11 is 0. The van der Waals surface area contributed by atoms with Crippen molar-refractivity contribution in [2.75, 3.05) is 11.9 Å². The molecular weight excluding hydrogens is 178 g/mol. The van der Waals surface area contributed by atoms with Crippen molar-refractivity contribution in [3.63, 3.8) is 0 Å². The van der Waals surface area contributed by atoms with Crippen molar-refractivity contribution in [2.24, 2.45) is 0 Å². The topological polar surface area (TPSA) is 40.5 Å². The van der Waals surface area contributed by atoms with Gasteiger partial charge in [0.15, 0.2) is 5.78 Å². The maximum Gasteiger partial charge on any atom is 0.154 e. The van der Waals surface area contributed by atoms with E-state index in [0.717, 1.165) is 5.69 Å². The lowest BCUT2D eigenvalue weighted by Gasteiger charge is -2.13. The Morgan fingerprint density at radius 2 is 1.93 bits per heavy atom. The van der Waals surface area contributed by atoms with E-state index in [4.69, 9.17) is 5.11 Å². The Labute approximate surface area is 83.3 Å². The molecule has 74 valence electrons. The van der Waals surface area contributed by atoms with Gasteiger partial charge in [-0.1, -0.05) is 0 Å². The molecule has 0 aromatic heterocycles. The molecule has 0 spiro atoms. The molecule has 0 atom stereocenters. The Balaban J connectivity index is 2.74. The van der Waals surface area contributed by atoms with Gasteiger partial charge >= 0.3 is 0 Å². The number of carbonyl (C=O) groups is 1. The van der Waals surface area contributed by atoms with Crippen LogP contribution in [0.4, 0.5) is 5.69 Å². The zero-order chi connectivity index (χ0) is 10.6. The van der Waals surface area contributed by atoms with E-state index in [9.17, 15) is 4.79 Å². The number of ketones is 1. The molecule has 1 aromatic rings. The quantitative estimate of drug-likeness (QED) is 0.742. The monoisotopic (exact) mass is 191 g/mol. The van der Waals surface area contributed by atoms with E-state index in [0.29, 0.717) is 0 Å². The van der Waals surface area contributed by atoms with Gasteiger partial charge in [-0.15, -0.1) is 0 Å². The van der Waals surface area contributed by atoms with Crippen molar-refractivity contribution in [1.29, 1.82) is 0 Å². The van der Waals surface area contributed by atoms with E-state index < -0.39 is 0 Å². The first-order valence-corrected chi connectivity index (χ1v) is 4.30. The molecule has 1 aromatic carbocycles. The summed E-state index contributed by atoms with van der Waals surface area (Å²) in [7, 11) is 1.84. The van der Waals surface area contributed by atoms with Crippen LogP contribution in [0.1, 0.15) is 6.92 Å². The summed E-state index contributed by atoms with van der Waals surface area (Å²) in [6.07, 6.45) is 3.18. The fraction of sp³-hybridized carbons (Fsp3) is 0.182. The molecule has 0 unspecified atom stereocenters. The summed E-state index contributed by atoms with van der Waals surface area (Å²) in [5.74, 6) is 0.244. The van der Waals surface area contributed by atoms with Gasteiger partial charge in [-0.3, -0.25) is 4.79 Å². The van der Waals surface area contributed by atoms with Crippen LogP contribution in [0.5, 0.6) is 5.75 Å². The number of hydrogen-bond donors (Lipinski definition) is 1. The highest BCUT2D eigenvalue weighted by Crippen LogP contribution is 2.17. The van der Waals surface area contributed by atoms with Crippen molar-refractivity contribution < 1.29 is 9.90 Å². The molecule has 0 fully saturated rings. The van der Waals surface area contributed by atoms with E-state index in [2.05, 4.69) is 0 Å².